The average molecular weight is 196 g/mol. The van der Waals surface area contributed by atoms with Gasteiger partial charge in [0, 0.05) is 12.0 Å². The van der Waals surface area contributed by atoms with Crippen LogP contribution in [0.25, 0.3) is 0 Å². The van der Waals surface area contributed by atoms with Crippen molar-refractivity contribution in [2.75, 3.05) is 6.61 Å². The van der Waals surface area contributed by atoms with E-state index < -0.39 is 6.10 Å². The number of hydrogen-bond donors (Lipinski definition) is 2. The van der Waals surface area contributed by atoms with Crippen LogP contribution in [0.1, 0.15) is 19.4 Å². The monoisotopic (exact) mass is 196 g/mol. The second kappa shape index (κ2) is 4.86. The molecule has 0 bridgehead atoms. The van der Waals surface area contributed by atoms with Gasteiger partial charge in [-0.1, -0.05) is 12.1 Å². The van der Waals surface area contributed by atoms with Crippen LogP contribution < -0.4 is 4.74 Å². The molecule has 1 aromatic carbocycles. The molecule has 0 saturated heterocycles. The van der Waals surface area contributed by atoms with E-state index in [0.29, 0.717) is 24.3 Å². The molecule has 0 amide bonds. The molecule has 2 N–H and O–H groups in total. The van der Waals surface area contributed by atoms with Gasteiger partial charge in [-0.15, -0.1) is 0 Å². The first-order chi connectivity index (χ1) is 6.65. The van der Waals surface area contributed by atoms with Crippen LogP contribution in [0.4, 0.5) is 0 Å². The molecule has 14 heavy (non-hydrogen) atoms. The van der Waals surface area contributed by atoms with Gasteiger partial charge in [-0.3, -0.25) is 0 Å². The summed E-state index contributed by atoms with van der Waals surface area (Å²) >= 11 is 0. The van der Waals surface area contributed by atoms with E-state index in [9.17, 15) is 10.2 Å². The molecule has 0 saturated carbocycles. The van der Waals surface area contributed by atoms with E-state index >= 15 is 0 Å². The van der Waals surface area contributed by atoms with E-state index in [1.807, 2.05) is 13.0 Å². The topological polar surface area (TPSA) is 49.7 Å². The third-order valence-corrected chi connectivity index (χ3v) is 1.90. The summed E-state index contributed by atoms with van der Waals surface area (Å²) in [6, 6.07) is 5.30. The summed E-state index contributed by atoms with van der Waals surface area (Å²) in [4.78, 5) is 0. The van der Waals surface area contributed by atoms with Crippen LogP contribution in [0.5, 0.6) is 11.5 Å². The lowest BCUT2D eigenvalue weighted by atomic mass is 10.1. The fraction of sp³-hybridized carbons (Fsp3) is 0.455. The molecule has 0 spiro atoms. The molecule has 1 rings (SSSR count). The minimum absolute atomic E-state index is 0.134. The van der Waals surface area contributed by atoms with E-state index in [1.165, 1.54) is 0 Å². The van der Waals surface area contributed by atoms with Gasteiger partial charge in [0.25, 0.3) is 0 Å². The Morgan fingerprint density at radius 1 is 1.43 bits per heavy atom. The molecule has 78 valence electrons. The molecule has 0 heterocycles. The van der Waals surface area contributed by atoms with Gasteiger partial charge in [-0.25, -0.2) is 0 Å². The van der Waals surface area contributed by atoms with Crippen molar-refractivity contribution >= 4 is 0 Å². The van der Waals surface area contributed by atoms with Gasteiger partial charge in [0.05, 0.1) is 12.7 Å². The summed E-state index contributed by atoms with van der Waals surface area (Å²) in [7, 11) is 0. The highest BCUT2D eigenvalue weighted by Gasteiger charge is 2.09. The third kappa shape index (κ3) is 2.64. The van der Waals surface area contributed by atoms with Crippen LogP contribution in [-0.4, -0.2) is 22.9 Å². The fourth-order valence-corrected chi connectivity index (χ4v) is 1.32. The number of phenolic OH excluding ortho intramolecular Hbond substituents is 1. The minimum Gasteiger partial charge on any atom is -0.504 e. The summed E-state index contributed by atoms with van der Waals surface area (Å²) in [5.41, 5.74) is 0.714. The molecular formula is C11H16O3. The zero-order valence-corrected chi connectivity index (χ0v) is 8.53. The lowest BCUT2D eigenvalue weighted by Crippen LogP contribution is -2.04. The van der Waals surface area contributed by atoms with E-state index in [4.69, 9.17) is 4.74 Å². The van der Waals surface area contributed by atoms with Crippen LogP contribution in [0, 0.1) is 0 Å². The maximum atomic E-state index is 9.73. The van der Waals surface area contributed by atoms with Gasteiger partial charge in [0.15, 0.2) is 11.5 Å². The smallest absolute Gasteiger partial charge is 0.161 e. The highest BCUT2D eigenvalue weighted by molar-refractivity contribution is 5.45. The van der Waals surface area contributed by atoms with Crippen molar-refractivity contribution < 1.29 is 14.9 Å². The first-order valence-electron chi connectivity index (χ1n) is 4.76. The Morgan fingerprint density at radius 2 is 2.14 bits per heavy atom. The zero-order valence-electron chi connectivity index (χ0n) is 8.53. The van der Waals surface area contributed by atoms with E-state index in [1.54, 1.807) is 19.1 Å². The quantitative estimate of drug-likeness (QED) is 0.770. The van der Waals surface area contributed by atoms with Crippen LogP contribution >= 0.6 is 0 Å². The number of benzene rings is 1. The molecule has 0 aromatic heterocycles. The van der Waals surface area contributed by atoms with Crippen molar-refractivity contribution in [2.45, 2.75) is 26.4 Å². The first kappa shape index (κ1) is 10.9. The number of hydrogen-bond acceptors (Lipinski definition) is 3. The summed E-state index contributed by atoms with van der Waals surface area (Å²) in [5.74, 6) is 0.612. The van der Waals surface area contributed by atoms with Crippen molar-refractivity contribution in [3.05, 3.63) is 23.8 Å². The highest BCUT2D eigenvalue weighted by Crippen LogP contribution is 2.30. The van der Waals surface area contributed by atoms with Gasteiger partial charge >= 0.3 is 0 Å². The Kier molecular flexibility index (Phi) is 3.77. The average Bonchev–Trinajstić information content (AvgIpc) is 2.11. The van der Waals surface area contributed by atoms with E-state index in [-0.39, 0.29) is 5.75 Å². The molecule has 0 aliphatic heterocycles. The Morgan fingerprint density at radius 3 is 2.71 bits per heavy atom. The molecule has 3 nitrogen and oxygen atoms in total. The van der Waals surface area contributed by atoms with Crippen LogP contribution in [0.15, 0.2) is 18.2 Å². The predicted molar refractivity (Wildman–Crippen MR) is 54.7 cm³/mol. The standard InChI is InChI=1S/C11H16O3/c1-3-14-10-6-4-5-9(11(10)13)7-8(2)12/h4-6,8,12-13H,3,7H2,1-2H3/t8-/m1/s1. The Bertz CT molecular complexity index is 295. The van der Waals surface area contributed by atoms with Crippen molar-refractivity contribution in [1.29, 1.82) is 0 Å². The lowest BCUT2D eigenvalue weighted by molar-refractivity contribution is 0.194. The first-order valence-corrected chi connectivity index (χ1v) is 4.76. The van der Waals surface area contributed by atoms with Gasteiger partial charge in [0.2, 0.25) is 0 Å². The van der Waals surface area contributed by atoms with Crippen molar-refractivity contribution in [3.8, 4) is 11.5 Å². The summed E-state index contributed by atoms with van der Waals surface area (Å²) < 4.78 is 5.23. The lowest BCUT2D eigenvalue weighted by Gasteiger charge is -2.10. The SMILES string of the molecule is CCOc1cccc(C[C@@H](C)O)c1O. The number of ether oxygens (including phenoxy) is 1. The van der Waals surface area contributed by atoms with Gasteiger partial charge in [-0.05, 0) is 19.9 Å². The molecule has 0 unspecified atom stereocenters. The van der Waals surface area contributed by atoms with Crippen molar-refractivity contribution in [3.63, 3.8) is 0 Å². The molecule has 3 heteroatoms. The second-order valence-corrected chi connectivity index (χ2v) is 3.25. The van der Waals surface area contributed by atoms with Gasteiger partial charge in [0.1, 0.15) is 0 Å². The predicted octanol–water partition coefficient (Wildman–Crippen LogP) is 1.71. The minimum atomic E-state index is -0.460. The van der Waals surface area contributed by atoms with Crippen molar-refractivity contribution in [1.82, 2.24) is 0 Å². The van der Waals surface area contributed by atoms with Crippen molar-refractivity contribution in [2.24, 2.45) is 0 Å². The van der Waals surface area contributed by atoms with E-state index in [0.717, 1.165) is 0 Å². The number of aliphatic hydroxyl groups excluding tert-OH is 1. The highest BCUT2D eigenvalue weighted by atomic mass is 16.5. The summed E-state index contributed by atoms with van der Waals surface area (Å²) in [6.45, 7) is 4.07. The molecule has 1 aromatic rings. The maximum Gasteiger partial charge on any atom is 0.161 e. The number of aromatic hydroxyl groups is 1. The molecule has 0 fully saturated rings. The Hall–Kier alpha value is -1.22. The maximum absolute atomic E-state index is 9.73. The largest absolute Gasteiger partial charge is 0.504 e. The Labute approximate surface area is 84.0 Å². The van der Waals surface area contributed by atoms with Crippen LogP contribution in [-0.2, 0) is 6.42 Å². The zero-order chi connectivity index (χ0) is 10.6. The van der Waals surface area contributed by atoms with Gasteiger partial charge < -0.3 is 14.9 Å². The molecular weight excluding hydrogens is 180 g/mol. The van der Waals surface area contributed by atoms with E-state index in [2.05, 4.69) is 0 Å². The molecule has 1 atom stereocenters. The summed E-state index contributed by atoms with van der Waals surface area (Å²) in [6.07, 6.45) is -0.0231. The van der Waals surface area contributed by atoms with Gasteiger partial charge in [-0.2, -0.15) is 0 Å². The van der Waals surface area contributed by atoms with Crippen LogP contribution in [0.3, 0.4) is 0 Å². The molecule has 0 radical (unpaired) electrons. The van der Waals surface area contributed by atoms with Crippen LogP contribution in [0.2, 0.25) is 0 Å². The second-order valence-electron chi connectivity index (χ2n) is 3.25. The number of phenols is 1. The fourth-order valence-electron chi connectivity index (χ4n) is 1.32. The molecule has 0 aliphatic carbocycles. The summed E-state index contributed by atoms with van der Waals surface area (Å²) in [5, 5.41) is 18.9. The third-order valence-electron chi connectivity index (χ3n) is 1.90. The normalized spacial score (nSPS) is 12.5. The molecule has 0 aliphatic rings. The number of para-hydroxylation sites is 1. The number of rotatable bonds is 4. The Balaban J connectivity index is 2.89. The number of aliphatic hydroxyl groups is 1.